The summed E-state index contributed by atoms with van der Waals surface area (Å²) >= 11 is 0. The molecule has 0 spiro atoms. The van der Waals surface area contributed by atoms with E-state index in [0.29, 0.717) is 0 Å². The first kappa shape index (κ1) is 22.0. The third-order valence-corrected chi connectivity index (χ3v) is 3.87. The van der Waals surface area contributed by atoms with Gasteiger partial charge in [-0.05, 0) is 24.3 Å². The fraction of sp³-hybridized carbons (Fsp3) is 0.211. The van der Waals surface area contributed by atoms with Crippen molar-refractivity contribution in [2.45, 2.75) is 19.6 Å². The van der Waals surface area contributed by atoms with E-state index in [-0.39, 0.29) is 23.4 Å². The van der Waals surface area contributed by atoms with Crippen molar-refractivity contribution in [1.82, 2.24) is 5.32 Å². The second-order valence-corrected chi connectivity index (χ2v) is 5.99. The van der Waals surface area contributed by atoms with Crippen molar-refractivity contribution in [3.05, 3.63) is 65.2 Å². The van der Waals surface area contributed by atoms with Gasteiger partial charge in [0.05, 0.1) is 13.1 Å². The standard InChI is InChI=1S/C19H15F5N2O3/c1-11(27)26(15-4-2-3-14(20)8-15)10-13-6-5-12(7-16(13)21)17(28)9-25-18(29)19(22,23)24/h2-8H,9-10H2,1H3,(H,25,29). The molecule has 0 fully saturated rings. The van der Waals surface area contributed by atoms with Gasteiger partial charge in [0, 0.05) is 23.7 Å². The van der Waals surface area contributed by atoms with Crippen molar-refractivity contribution in [1.29, 1.82) is 0 Å². The summed E-state index contributed by atoms with van der Waals surface area (Å²) in [5.74, 6) is -5.17. The van der Waals surface area contributed by atoms with Crippen molar-refractivity contribution in [2.24, 2.45) is 0 Å². The first-order chi connectivity index (χ1) is 13.5. The largest absolute Gasteiger partial charge is 0.471 e. The summed E-state index contributed by atoms with van der Waals surface area (Å²) in [6.07, 6.45) is -5.14. The van der Waals surface area contributed by atoms with Crippen LogP contribution in [0.5, 0.6) is 0 Å². The number of hydrogen-bond donors (Lipinski definition) is 1. The number of benzene rings is 2. The minimum Gasteiger partial charge on any atom is -0.341 e. The van der Waals surface area contributed by atoms with Gasteiger partial charge >= 0.3 is 12.1 Å². The Hall–Kier alpha value is -3.30. The SMILES string of the molecule is CC(=O)N(Cc1ccc(C(=O)CNC(=O)C(F)(F)F)cc1F)c1cccc(F)c1. The van der Waals surface area contributed by atoms with Crippen LogP contribution in [-0.2, 0) is 16.1 Å². The summed E-state index contributed by atoms with van der Waals surface area (Å²) in [4.78, 5) is 35.6. The summed E-state index contributed by atoms with van der Waals surface area (Å²) in [6.45, 7) is -0.00602. The maximum absolute atomic E-state index is 14.4. The molecule has 10 heteroatoms. The highest BCUT2D eigenvalue weighted by Gasteiger charge is 2.38. The molecule has 0 heterocycles. The monoisotopic (exact) mass is 414 g/mol. The molecule has 0 radical (unpaired) electrons. The van der Waals surface area contributed by atoms with Crippen LogP contribution in [0, 0.1) is 11.6 Å². The molecule has 2 aromatic carbocycles. The lowest BCUT2D eigenvalue weighted by molar-refractivity contribution is -0.173. The molecule has 0 saturated heterocycles. The van der Waals surface area contributed by atoms with Gasteiger partial charge in [-0.3, -0.25) is 14.4 Å². The average molecular weight is 414 g/mol. The van der Waals surface area contributed by atoms with Gasteiger partial charge in [0.2, 0.25) is 5.91 Å². The number of carbonyl (C=O) groups excluding carboxylic acids is 3. The Morgan fingerprint density at radius 1 is 1.03 bits per heavy atom. The van der Waals surface area contributed by atoms with Crippen LogP contribution in [0.4, 0.5) is 27.6 Å². The van der Waals surface area contributed by atoms with Crippen molar-refractivity contribution in [3.8, 4) is 0 Å². The molecule has 0 unspecified atom stereocenters. The van der Waals surface area contributed by atoms with Crippen LogP contribution in [0.3, 0.4) is 0 Å². The van der Waals surface area contributed by atoms with Crippen LogP contribution >= 0.6 is 0 Å². The van der Waals surface area contributed by atoms with E-state index in [4.69, 9.17) is 0 Å². The molecular formula is C19H15F5N2O3. The molecule has 0 saturated carbocycles. The number of halogens is 5. The first-order valence-corrected chi connectivity index (χ1v) is 8.19. The highest BCUT2D eigenvalue weighted by molar-refractivity contribution is 6.00. The average Bonchev–Trinajstić information content (AvgIpc) is 2.63. The molecule has 5 nitrogen and oxygen atoms in total. The lowest BCUT2D eigenvalue weighted by atomic mass is 10.1. The molecule has 2 amide bonds. The summed E-state index contributed by atoms with van der Waals surface area (Å²) in [5, 5.41) is 1.40. The molecular weight excluding hydrogens is 399 g/mol. The Morgan fingerprint density at radius 3 is 2.28 bits per heavy atom. The molecule has 154 valence electrons. The predicted octanol–water partition coefficient (Wildman–Crippen LogP) is 3.38. The van der Waals surface area contributed by atoms with Gasteiger partial charge in [0.15, 0.2) is 5.78 Å². The lowest BCUT2D eigenvalue weighted by Gasteiger charge is -2.22. The van der Waals surface area contributed by atoms with E-state index in [1.165, 1.54) is 36.5 Å². The molecule has 2 aromatic rings. The zero-order valence-corrected chi connectivity index (χ0v) is 15.0. The van der Waals surface area contributed by atoms with Gasteiger partial charge in [0.25, 0.3) is 0 Å². The number of nitrogens with zero attached hydrogens (tertiary/aromatic N) is 1. The maximum atomic E-state index is 14.4. The Bertz CT molecular complexity index is 944. The minimum atomic E-state index is -5.14. The quantitative estimate of drug-likeness (QED) is 0.582. The van der Waals surface area contributed by atoms with E-state index >= 15 is 0 Å². The van der Waals surface area contributed by atoms with E-state index in [1.54, 1.807) is 0 Å². The number of hydrogen-bond acceptors (Lipinski definition) is 3. The van der Waals surface area contributed by atoms with Gasteiger partial charge in [-0.25, -0.2) is 8.78 Å². The van der Waals surface area contributed by atoms with E-state index < -0.39 is 42.0 Å². The third kappa shape index (κ3) is 5.84. The van der Waals surface area contributed by atoms with Gasteiger partial charge < -0.3 is 10.2 Å². The normalized spacial score (nSPS) is 11.1. The Morgan fingerprint density at radius 2 is 1.72 bits per heavy atom. The zero-order valence-electron chi connectivity index (χ0n) is 15.0. The fourth-order valence-electron chi connectivity index (χ4n) is 2.41. The first-order valence-electron chi connectivity index (χ1n) is 8.19. The Balaban J connectivity index is 2.15. The smallest absolute Gasteiger partial charge is 0.341 e. The van der Waals surface area contributed by atoms with Crippen LogP contribution in [-0.4, -0.2) is 30.3 Å². The number of carbonyl (C=O) groups is 3. The molecule has 0 aliphatic carbocycles. The summed E-state index contributed by atoms with van der Waals surface area (Å²) in [7, 11) is 0. The number of alkyl halides is 3. The van der Waals surface area contributed by atoms with Gasteiger partial charge in [-0.2, -0.15) is 13.2 Å². The number of anilines is 1. The number of nitrogens with one attached hydrogen (secondary N) is 1. The molecule has 2 rings (SSSR count). The number of Topliss-reactive ketones (excluding diaryl/α,β-unsaturated/α-hetero) is 1. The second kappa shape index (κ2) is 8.80. The summed E-state index contributed by atoms with van der Waals surface area (Å²) in [5.41, 5.74) is -0.0545. The van der Waals surface area contributed by atoms with Crippen molar-refractivity contribution >= 4 is 23.3 Å². The number of amides is 2. The minimum absolute atomic E-state index is 0.000313. The van der Waals surface area contributed by atoms with Crippen LogP contribution in [0.2, 0.25) is 0 Å². The van der Waals surface area contributed by atoms with Gasteiger partial charge in [-0.1, -0.05) is 18.2 Å². The van der Waals surface area contributed by atoms with E-state index in [0.717, 1.165) is 23.1 Å². The number of rotatable bonds is 6. The van der Waals surface area contributed by atoms with E-state index in [9.17, 15) is 36.3 Å². The Kier molecular flexibility index (Phi) is 6.68. The van der Waals surface area contributed by atoms with E-state index in [2.05, 4.69) is 0 Å². The maximum Gasteiger partial charge on any atom is 0.471 e. The molecule has 0 aromatic heterocycles. The van der Waals surface area contributed by atoms with Crippen molar-refractivity contribution in [3.63, 3.8) is 0 Å². The highest BCUT2D eigenvalue weighted by Crippen LogP contribution is 2.21. The number of ketones is 1. The van der Waals surface area contributed by atoms with Crippen molar-refractivity contribution in [2.75, 3.05) is 11.4 Å². The van der Waals surface area contributed by atoms with Crippen LogP contribution < -0.4 is 10.2 Å². The van der Waals surface area contributed by atoms with Gasteiger partial charge in [0.1, 0.15) is 11.6 Å². The van der Waals surface area contributed by atoms with E-state index in [1.807, 2.05) is 0 Å². The molecule has 0 atom stereocenters. The third-order valence-electron chi connectivity index (χ3n) is 3.87. The molecule has 0 aliphatic heterocycles. The topological polar surface area (TPSA) is 66.5 Å². The zero-order chi connectivity index (χ0) is 21.8. The predicted molar refractivity (Wildman–Crippen MR) is 93.1 cm³/mol. The molecule has 0 bridgehead atoms. The molecule has 29 heavy (non-hydrogen) atoms. The van der Waals surface area contributed by atoms with Gasteiger partial charge in [-0.15, -0.1) is 0 Å². The lowest BCUT2D eigenvalue weighted by Crippen LogP contribution is -2.39. The second-order valence-electron chi connectivity index (χ2n) is 5.99. The fourth-order valence-corrected chi connectivity index (χ4v) is 2.41. The summed E-state index contributed by atoms with van der Waals surface area (Å²) in [6, 6.07) is 8.26. The molecule has 1 N–H and O–H groups in total. The molecule has 0 aliphatic rings. The Labute approximate surface area is 162 Å². The van der Waals surface area contributed by atoms with Crippen molar-refractivity contribution < 1.29 is 36.3 Å². The van der Waals surface area contributed by atoms with Crippen LogP contribution in [0.25, 0.3) is 0 Å². The van der Waals surface area contributed by atoms with Crippen LogP contribution in [0.15, 0.2) is 42.5 Å². The summed E-state index contributed by atoms with van der Waals surface area (Å²) < 4.78 is 64.2. The van der Waals surface area contributed by atoms with Crippen LogP contribution in [0.1, 0.15) is 22.8 Å². The highest BCUT2D eigenvalue weighted by atomic mass is 19.4.